The summed E-state index contributed by atoms with van der Waals surface area (Å²) in [7, 11) is 0. The number of nitrogens with one attached hydrogen (secondary N) is 1. The first-order valence-corrected chi connectivity index (χ1v) is 10.0. The third kappa shape index (κ3) is 4.00. The summed E-state index contributed by atoms with van der Waals surface area (Å²) < 4.78 is 5.77. The number of hydrogen-bond donors (Lipinski definition) is 1. The molecule has 2 aromatic heterocycles. The Labute approximate surface area is 150 Å². The van der Waals surface area contributed by atoms with Crippen LogP contribution in [-0.4, -0.2) is 27.4 Å². The van der Waals surface area contributed by atoms with E-state index < -0.39 is 0 Å². The van der Waals surface area contributed by atoms with Crippen LogP contribution >= 0.6 is 23.1 Å². The number of rotatable bonds is 5. The monoisotopic (exact) mass is 365 g/mol. The molecule has 130 valence electrons. The fourth-order valence-corrected chi connectivity index (χ4v) is 4.60. The molecule has 0 unspecified atom stereocenters. The van der Waals surface area contributed by atoms with E-state index in [1.54, 1.807) is 11.3 Å². The summed E-state index contributed by atoms with van der Waals surface area (Å²) in [6.07, 6.45) is 3.53. The zero-order chi connectivity index (χ0) is 17.3. The summed E-state index contributed by atoms with van der Waals surface area (Å²) in [6.45, 7) is 8.03. The third-order valence-electron chi connectivity index (χ3n) is 4.02. The second kappa shape index (κ2) is 7.27. The highest BCUT2D eigenvalue weighted by atomic mass is 32.2. The number of amides is 1. The maximum atomic E-state index is 12.0. The molecule has 0 spiro atoms. The highest BCUT2D eigenvalue weighted by Gasteiger charge is 2.22. The molecule has 3 rings (SSSR count). The highest BCUT2D eigenvalue weighted by molar-refractivity contribution is 8.00. The van der Waals surface area contributed by atoms with E-state index in [4.69, 9.17) is 4.42 Å². The van der Waals surface area contributed by atoms with Crippen molar-refractivity contribution in [3.8, 4) is 10.8 Å². The topological polar surface area (TPSA) is 68.0 Å². The van der Waals surface area contributed by atoms with Crippen LogP contribution in [-0.2, 0) is 17.6 Å². The lowest BCUT2D eigenvalue weighted by atomic mass is 9.90. The Morgan fingerprint density at radius 3 is 2.96 bits per heavy atom. The SMILES string of the molecule is CC(C)NC(=O)[C@@H](C)Sc1nnc(-c2cc3c(s2)CC[C@H](C)C3)o1. The average Bonchev–Trinajstić information content (AvgIpc) is 3.12. The number of thiophene rings is 1. The Hall–Kier alpha value is -1.34. The van der Waals surface area contributed by atoms with Crippen molar-refractivity contribution in [2.24, 2.45) is 5.92 Å². The molecule has 1 amide bonds. The first kappa shape index (κ1) is 17.5. The molecular weight excluding hydrogens is 342 g/mol. The maximum absolute atomic E-state index is 12.0. The van der Waals surface area contributed by atoms with Crippen molar-refractivity contribution in [1.29, 1.82) is 0 Å². The van der Waals surface area contributed by atoms with Gasteiger partial charge in [-0.3, -0.25) is 4.79 Å². The second-order valence-electron chi connectivity index (χ2n) is 6.70. The fraction of sp³-hybridized carbons (Fsp3) is 0.588. The van der Waals surface area contributed by atoms with Gasteiger partial charge in [0.1, 0.15) is 0 Å². The van der Waals surface area contributed by atoms with Crippen LogP contribution in [0.2, 0.25) is 0 Å². The summed E-state index contributed by atoms with van der Waals surface area (Å²) >= 11 is 3.05. The third-order valence-corrected chi connectivity index (χ3v) is 6.18. The normalized spacial score (nSPS) is 18.5. The summed E-state index contributed by atoms with van der Waals surface area (Å²) in [4.78, 5) is 14.5. The molecule has 2 atom stereocenters. The van der Waals surface area contributed by atoms with E-state index in [9.17, 15) is 4.79 Å². The minimum Gasteiger partial charge on any atom is -0.410 e. The summed E-state index contributed by atoms with van der Waals surface area (Å²) in [5.74, 6) is 1.28. The number of carbonyl (C=O) groups is 1. The summed E-state index contributed by atoms with van der Waals surface area (Å²) in [6, 6.07) is 2.31. The van der Waals surface area contributed by atoms with Gasteiger partial charge < -0.3 is 9.73 Å². The van der Waals surface area contributed by atoms with Gasteiger partial charge in [0.05, 0.1) is 10.1 Å². The van der Waals surface area contributed by atoms with Crippen LogP contribution in [0.4, 0.5) is 0 Å². The van der Waals surface area contributed by atoms with Crippen molar-refractivity contribution >= 4 is 29.0 Å². The number of fused-ring (bicyclic) bond motifs is 1. The summed E-state index contributed by atoms with van der Waals surface area (Å²) in [5, 5.41) is 11.3. The molecular formula is C17H23N3O2S2. The highest BCUT2D eigenvalue weighted by Crippen LogP contribution is 2.37. The molecule has 24 heavy (non-hydrogen) atoms. The Morgan fingerprint density at radius 1 is 1.42 bits per heavy atom. The molecule has 1 N–H and O–H groups in total. The molecule has 2 heterocycles. The first-order chi connectivity index (χ1) is 11.4. The number of hydrogen-bond acceptors (Lipinski definition) is 6. The zero-order valence-corrected chi connectivity index (χ0v) is 16.1. The Kier molecular flexibility index (Phi) is 5.30. The number of nitrogens with zero attached hydrogens (tertiary/aromatic N) is 2. The van der Waals surface area contributed by atoms with E-state index in [0.717, 1.165) is 23.6 Å². The second-order valence-corrected chi connectivity index (χ2v) is 9.13. The quantitative estimate of drug-likeness (QED) is 0.813. The van der Waals surface area contributed by atoms with Gasteiger partial charge in [0, 0.05) is 10.9 Å². The lowest BCUT2D eigenvalue weighted by Gasteiger charge is -2.16. The Balaban J connectivity index is 1.69. The molecule has 0 radical (unpaired) electrons. The zero-order valence-electron chi connectivity index (χ0n) is 14.5. The van der Waals surface area contributed by atoms with Gasteiger partial charge in [0.2, 0.25) is 5.91 Å². The van der Waals surface area contributed by atoms with E-state index in [1.165, 1.54) is 28.6 Å². The molecule has 5 nitrogen and oxygen atoms in total. The van der Waals surface area contributed by atoms with E-state index in [0.29, 0.717) is 11.1 Å². The van der Waals surface area contributed by atoms with Crippen LogP contribution in [0.5, 0.6) is 0 Å². The van der Waals surface area contributed by atoms with Crippen molar-refractivity contribution in [2.75, 3.05) is 0 Å². The predicted octanol–water partition coefficient (Wildman–Crippen LogP) is 3.93. The molecule has 0 fully saturated rings. The van der Waals surface area contributed by atoms with Crippen LogP contribution < -0.4 is 5.32 Å². The molecule has 0 bridgehead atoms. The lowest BCUT2D eigenvalue weighted by Crippen LogP contribution is -2.35. The Bertz CT molecular complexity index is 723. The number of aromatic nitrogens is 2. The van der Waals surface area contributed by atoms with Crippen LogP contribution in [0.15, 0.2) is 15.7 Å². The van der Waals surface area contributed by atoms with Crippen LogP contribution in [0.3, 0.4) is 0 Å². The minimum atomic E-state index is -0.266. The molecule has 2 aromatic rings. The van der Waals surface area contributed by atoms with Crippen molar-refractivity contribution in [3.63, 3.8) is 0 Å². The van der Waals surface area contributed by atoms with Gasteiger partial charge in [0.25, 0.3) is 11.1 Å². The fourth-order valence-electron chi connectivity index (χ4n) is 2.77. The van der Waals surface area contributed by atoms with Gasteiger partial charge in [-0.25, -0.2) is 0 Å². The lowest BCUT2D eigenvalue weighted by molar-refractivity contribution is -0.120. The smallest absolute Gasteiger partial charge is 0.277 e. The maximum Gasteiger partial charge on any atom is 0.277 e. The van der Waals surface area contributed by atoms with Crippen molar-refractivity contribution in [2.45, 2.75) is 63.5 Å². The van der Waals surface area contributed by atoms with Crippen molar-refractivity contribution in [1.82, 2.24) is 15.5 Å². The largest absolute Gasteiger partial charge is 0.410 e. The van der Waals surface area contributed by atoms with Crippen LogP contribution in [0, 0.1) is 5.92 Å². The molecule has 1 aliphatic rings. The first-order valence-electron chi connectivity index (χ1n) is 8.35. The van der Waals surface area contributed by atoms with E-state index in [1.807, 2.05) is 20.8 Å². The predicted molar refractivity (Wildman–Crippen MR) is 97.4 cm³/mol. The molecule has 0 aliphatic heterocycles. The van der Waals surface area contributed by atoms with Crippen molar-refractivity contribution in [3.05, 3.63) is 16.5 Å². The summed E-state index contributed by atoms with van der Waals surface area (Å²) in [5.41, 5.74) is 1.42. The van der Waals surface area contributed by atoms with Crippen LogP contribution in [0.25, 0.3) is 10.8 Å². The standard InChI is InChI=1S/C17H23N3O2S2/c1-9(2)18-15(21)11(4)23-17-20-19-16(22-17)14-8-12-7-10(3)5-6-13(12)24-14/h8-11H,5-7H2,1-4H3,(H,18,21)/t10-,11+/m0/s1. The van der Waals surface area contributed by atoms with Gasteiger partial charge >= 0.3 is 0 Å². The number of aryl methyl sites for hydroxylation is 1. The van der Waals surface area contributed by atoms with E-state index in [2.05, 4.69) is 28.5 Å². The van der Waals surface area contributed by atoms with Gasteiger partial charge in [-0.05, 0) is 57.6 Å². The van der Waals surface area contributed by atoms with E-state index in [-0.39, 0.29) is 17.2 Å². The number of thioether (sulfide) groups is 1. The number of carbonyl (C=O) groups excluding carboxylic acids is 1. The molecule has 1 aliphatic carbocycles. The Morgan fingerprint density at radius 2 is 2.21 bits per heavy atom. The van der Waals surface area contributed by atoms with Gasteiger partial charge in [-0.15, -0.1) is 21.5 Å². The molecule has 0 saturated carbocycles. The molecule has 0 saturated heterocycles. The van der Waals surface area contributed by atoms with Crippen molar-refractivity contribution < 1.29 is 9.21 Å². The average molecular weight is 366 g/mol. The molecule has 7 heteroatoms. The minimum absolute atomic E-state index is 0.0182. The van der Waals surface area contributed by atoms with Gasteiger partial charge in [0.15, 0.2) is 0 Å². The van der Waals surface area contributed by atoms with Gasteiger partial charge in [-0.1, -0.05) is 18.7 Å². The molecule has 0 aromatic carbocycles. The van der Waals surface area contributed by atoms with Gasteiger partial charge in [-0.2, -0.15) is 0 Å². The van der Waals surface area contributed by atoms with Crippen LogP contribution in [0.1, 0.15) is 44.6 Å². The van der Waals surface area contributed by atoms with E-state index >= 15 is 0 Å².